The fraction of sp³-hybridized carbons (Fsp3) is 0.393. The van der Waals surface area contributed by atoms with Gasteiger partial charge in [0.1, 0.15) is 24.2 Å². The molecule has 10 heteroatoms. The number of ether oxygens (including phenoxy) is 3. The molecular weight excluding hydrogens is 492 g/mol. The van der Waals surface area contributed by atoms with E-state index in [2.05, 4.69) is 5.32 Å². The van der Waals surface area contributed by atoms with E-state index in [-0.39, 0.29) is 31.2 Å². The van der Waals surface area contributed by atoms with Crippen LogP contribution in [0.25, 0.3) is 0 Å². The molecule has 2 aliphatic rings. The SMILES string of the molecule is COc1cccc(CCN(C(C)=O)[C@@H]2C=C(C(=O)NCCO)[C@@H]3c4cc(C=O)cc(OC)c4O[C@@H]3[C@H]2O)c1. The van der Waals surface area contributed by atoms with E-state index in [4.69, 9.17) is 14.2 Å². The molecule has 2 aromatic carbocycles. The molecule has 0 aromatic heterocycles. The number of hydrogen-bond donors (Lipinski definition) is 3. The summed E-state index contributed by atoms with van der Waals surface area (Å²) in [6, 6.07) is 9.77. The summed E-state index contributed by atoms with van der Waals surface area (Å²) < 4.78 is 16.9. The maximum atomic E-state index is 13.3. The summed E-state index contributed by atoms with van der Waals surface area (Å²) in [4.78, 5) is 39.2. The van der Waals surface area contributed by atoms with Gasteiger partial charge in [0.05, 0.1) is 32.8 Å². The smallest absolute Gasteiger partial charge is 0.247 e. The van der Waals surface area contributed by atoms with Crippen molar-refractivity contribution in [2.75, 3.05) is 33.9 Å². The van der Waals surface area contributed by atoms with Crippen LogP contribution in [-0.2, 0) is 16.0 Å². The first-order valence-corrected chi connectivity index (χ1v) is 12.4. The minimum absolute atomic E-state index is 0.0262. The van der Waals surface area contributed by atoms with Gasteiger partial charge in [0.2, 0.25) is 11.8 Å². The van der Waals surface area contributed by atoms with Gasteiger partial charge in [0.25, 0.3) is 0 Å². The summed E-state index contributed by atoms with van der Waals surface area (Å²) in [5.74, 6) is -0.122. The Morgan fingerprint density at radius 1 is 1.18 bits per heavy atom. The average Bonchev–Trinajstić information content (AvgIpc) is 3.32. The van der Waals surface area contributed by atoms with Crippen LogP contribution < -0.4 is 19.5 Å². The zero-order valence-electron chi connectivity index (χ0n) is 21.5. The Kier molecular flexibility index (Phi) is 8.33. The number of nitrogens with zero attached hydrogens (tertiary/aromatic N) is 1. The number of aldehydes is 1. The first-order valence-electron chi connectivity index (χ1n) is 12.4. The van der Waals surface area contributed by atoms with Gasteiger partial charge in [-0.3, -0.25) is 14.4 Å². The van der Waals surface area contributed by atoms with Crippen LogP contribution in [0.1, 0.15) is 34.3 Å². The normalized spacial score (nSPS) is 21.3. The highest BCUT2D eigenvalue weighted by Crippen LogP contribution is 2.51. The van der Waals surface area contributed by atoms with Crippen LogP contribution in [0.3, 0.4) is 0 Å². The van der Waals surface area contributed by atoms with E-state index in [9.17, 15) is 24.6 Å². The van der Waals surface area contributed by atoms with Gasteiger partial charge in [-0.2, -0.15) is 0 Å². The molecule has 202 valence electrons. The number of aliphatic hydroxyl groups is 2. The Morgan fingerprint density at radius 2 is 1.97 bits per heavy atom. The molecule has 0 saturated carbocycles. The second-order valence-corrected chi connectivity index (χ2v) is 9.22. The summed E-state index contributed by atoms with van der Waals surface area (Å²) >= 11 is 0. The van der Waals surface area contributed by atoms with E-state index < -0.39 is 30.1 Å². The molecular formula is C28H32N2O8. The quantitative estimate of drug-likeness (QED) is 0.395. The lowest BCUT2D eigenvalue weighted by atomic mass is 9.77. The lowest BCUT2D eigenvalue weighted by molar-refractivity contribution is -0.134. The predicted molar refractivity (Wildman–Crippen MR) is 138 cm³/mol. The second-order valence-electron chi connectivity index (χ2n) is 9.22. The fourth-order valence-electron chi connectivity index (χ4n) is 5.15. The molecule has 3 N–H and O–H groups in total. The number of methoxy groups -OCH3 is 2. The largest absolute Gasteiger partial charge is 0.497 e. The molecule has 38 heavy (non-hydrogen) atoms. The Morgan fingerprint density at radius 3 is 2.63 bits per heavy atom. The van der Waals surface area contributed by atoms with Crippen LogP contribution >= 0.6 is 0 Å². The molecule has 0 fully saturated rings. The molecule has 2 aromatic rings. The highest BCUT2D eigenvalue weighted by molar-refractivity contribution is 5.96. The van der Waals surface area contributed by atoms with Crippen molar-refractivity contribution >= 4 is 18.1 Å². The number of nitrogens with one attached hydrogen (secondary N) is 1. The van der Waals surface area contributed by atoms with Gasteiger partial charge in [-0.15, -0.1) is 0 Å². The maximum Gasteiger partial charge on any atom is 0.247 e. The minimum atomic E-state index is -1.18. The number of carbonyl (C=O) groups excluding carboxylic acids is 3. The Bertz CT molecular complexity index is 1240. The number of aliphatic hydroxyl groups excluding tert-OH is 2. The van der Waals surface area contributed by atoms with Crippen molar-refractivity contribution in [3.8, 4) is 17.2 Å². The number of fused-ring (bicyclic) bond motifs is 3. The third kappa shape index (κ3) is 5.23. The van der Waals surface area contributed by atoms with E-state index in [1.165, 1.54) is 25.0 Å². The molecule has 4 rings (SSSR count). The van der Waals surface area contributed by atoms with Gasteiger partial charge in [-0.1, -0.05) is 12.1 Å². The van der Waals surface area contributed by atoms with E-state index in [1.807, 2.05) is 24.3 Å². The molecule has 0 radical (unpaired) electrons. The molecule has 1 aliphatic heterocycles. The molecule has 2 amide bonds. The topological polar surface area (TPSA) is 135 Å². The van der Waals surface area contributed by atoms with Crippen LogP contribution in [0.2, 0.25) is 0 Å². The molecule has 4 atom stereocenters. The first kappa shape index (κ1) is 27.2. The number of rotatable bonds is 10. The Hall–Kier alpha value is -3.89. The van der Waals surface area contributed by atoms with Crippen molar-refractivity contribution in [2.45, 2.75) is 37.5 Å². The minimum Gasteiger partial charge on any atom is -0.497 e. The van der Waals surface area contributed by atoms with E-state index in [0.717, 1.165) is 5.56 Å². The molecule has 1 heterocycles. The average molecular weight is 525 g/mol. The molecule has 0 unspecified atom stereocenters. The number of benzene rings is 2. The highest BCUT2D eigenvalue weighted by atomic mass is 16.5. The lowest BCUT2D eigenvalue weighted by Crippen LogP contribution is -2.55. The zero-order chi connectivity index (χ0) is 27.4. The van der Waals surface area contributed by atoms with Gasteiger partial charge < -0.3 is 34.6 Å². The predicted octanol–water partition coefficient (Wildman–Crippen LogP) is 1.23. The van der Waals surface area contributed by atoms with Crippen molar-refractivity contribution in [1.29, 1.82) is 0 Å². The van der Waals surface area contributed by atoms with Crippen LogP contribution in [0.4, 0.5) is 0 Å². The summed E-state index contributed by atoms with van der Waals surface area (Å²) in [7, 11) is 3.02. The van der Waals surface area contributed by atoms with Crippen LogP contribution in [-0.4, -0.2) is 85.4 Å². The van der Waals surface area contributed by atoms with Gasteiger partial charge in [0, 0.05) is 36.7 Å². The van der Waals surface area contributed by atoms with Crippen molar-refractivity contribution in [1.82, 2.24) is 10.2 Å². The summed E-state index contributed by atoms with van der Waals surface area (Å²) in [6.45, 7) is 1.45. The van der Waals surface area contributed by atoms with Crippen LogP contribution in [0.5, 0.6) is 17.2 Å². The maximum absolute atomic E-state index is 13.3. The van der Waals surface area contributed by atoms with E-state index in [1.54, 1.807) is 19.3 Å². The van der Waals surface area contributed by atoms with Crippen molar-refractivity contribution in [2.24, 2.45) is 0 Å². The zero-order valence-corrected chi connectivity index (χ0v) is 21.5. The van der Waals surface area contributed by atoms with Crippen LogP contribution in [0.15, 0.2) is 48.0 Å². The lowest BCUT2D eigenvalue weighted by Gasteiger charge is -2.40. The number of amides is 2. The van der Waals surface area contributed by atoms with Crippen molar-refractivity contribution in [3.05, 3.63) is 64.7 Å². The third-order valence-electron chi connectivity index (χ3n) is 6.95. The van der Waals surface area contributed by atoms with Gasteiger partial charge in [-0.05, 0) is 42.3 Å². The summed E-state index contributed by atoms with van der Waals surface area (Å²) in [5.41, 5.74) is 2.08. The highest BCUT2D eigenvalue weighted by Gasteiger charge is 2.51. The van der Waals surface area contributed by atoms with E-state index in [0.29, 0.717) is 41.1 Å². The summed E-state index contributed by atoms with van der Waals surface area (Å²) in [5, 5.41) is 23.4. The second kappa shape index (κ2) is 11.7. The third-order valence-corrected chi connectivity index (χ3v) is 6.95. The monoisotopic (exact) mass is 524 g/mol. The molecule has 0 saturated heterocycles. The van der Waals surface area contributed by atoms with Gasteiger partial charge in [0.15, 0.2) is 11.5 Å². The van der Waals surface area contributed by atoms with Crippen molar-refractivity contribution in [3.63, 3.8) is 0 Å². The molecule has 1 aliphatic carbocycles. The van der Waals surface area contributed by atoms with Crippen LogP contribution in [0, 0.1) is 0 Å². The number of hydrogen-bond acceptors (Lipinski definition) is 8. The number of carbonyl (C=O) groups is 3. The standard InChI is InChI=1S/C28H32N2O8/c1-16(33)30(9-7-17-5-4-6-19(11-17)36-2)22-14-21(28(35)29-8-10-31)24-20-12-18(15-32)13-23(37-3)26(20)38-27(24)25(22)34/h4-6,11-15,22,24-25,27,31,34H,7-10H2,1-3H3,(H,29,35)/t22-,24+,25+,27+/m1/s1. The first-order chi connectivity index (χ1) is 18.3. The summed E-state index contributed by atoms with van der Waals surface area (Å²) in [6.07, 6.45) is 0.656. The Labute approximate surface area is 220 Å². The van der Waals surface area contributed by atoms with Gasteiger partial charge >= 0.3 is 0 Å². The molecule has 10 nitrogen and oxygen atoms in total. The Balaban J connectivity index is 1.73. The molecule has 0 spiro atoms. The van der Waals surface area contributed by atoms with Crippen molar-refractivity contribution < 1.29 is 38.8 Å². The van der Waals surface area contributed by atoms with Gasteiger partial charge in [-0.25, -0.2) is 0 Å². The van der Waals surface area contributed by atoms with E-state index >= 15 is 0 Å². The molecule has 0 bridgehead atoms. The fourth-order valence-corrected chi connectivity index (χ4v) is 5.15.